The molecule has 0 radical (unpaired) electrons. The summed E-state index contributed by atoms with van der Waals surface area (Å²) in [6.45, 7) is 3.88. The lowest BCUT2D eigenvalue weighted by Gasteiger charge is -2.32. The maximum atomic E-state index is 13.5. The Morgan fingerprint density at radius 3 is 2.58 bits per heavy atom. The van der Waals surface area contributed by atoms with Crippen LogP contribution in [0.1, 0.15) is 37.0 Å². The molecule has 5 heteroatoms. The molecule has 1 aliphatic rings. The van der Waals surface area contributed by atoms with Crippen LogP contribution in [0.15, 0.2) is 18.2 Å². The lowest BCUT2D eigenvalue weighted by Crippen LogP contribution is -2.36. The quantitative estimate of drug-likeness (QED) is 0.915. The van der Waals surface area contributed by atoms with E-state index in [1.807, 2.05) is 13.8 Å². The predicted molar refractivity (Wildman–Crippen MR) is 67.0 cm³/mol. The summed E-state index contributed by atoms with van der Waals surface area (Å²) in [5.74, 6) is -2.02. The van der Waals surface area contributed by atoms with Crippen LogP contribution in [0, 0.1) is 5.82 Å². The Kier molecular flexibility index (Phi) is 4.04. The number of carbonyl (C=O) groups is 1. The van der Waals surface area contributed by atoms with Crippen LogP contribution in [0.2, 0.25) is 0 Å². The van der Waals surface area contributed by atoms with E-state index in [-0.39, 0.29) is 24.1 Å². The zero-order valence-electron chi connectivity index (χ0n) is 10.9. The molecule has 0 saturated carbocycles. The highest BCUT2D eigenvalue weighted by Gasteiger charge is 2.27. The molecule has 1 saturated heterocycles. The SMILES string of the molecule is CC1CC(Oc2cccc(F)c2C(=O)O)CC(C)O1. The van der Waals surface area contributed by atoms with E-state index in [1.165, 1.54) is 12.1 Å². The minimum absolute atomic E-state index is 0.0515. The van der Waals surface area contributed by atoms with Gasteiger partial charge in [0.2, 0.25) is 0 Å². The summed E-state index contributed by atoms with van der Waals surface area (Å²) < 4.78 is 24.8. The second-order valence-corrected chi connectivity index (χ2v) is 4.89. The molecule has 1 fully saturated rings. The van der Waals surface area contributed by atoms with Crippen LogP contribution in [-0.4, -0.2) is 29.4 Å². The molecule has 2 unspecified atom stereocenters. The first kappa shape index (κ1) is 13.8. The number of ether oxygens (including phenoxy) is 2. The molecular weight excluding hydrogens is 251 g/mol. The van der Waals surface area contributed by atoms with E-state index in [4.69, 9.17) is 14.6 Å². The van der Waals surface area contributed by atoms with Gasteiger partial charge in [0.25, 0.3) is 0 Å². The molecule has 0 bridgehead atoms. The summed E-state index contributed by atoms with van der Waals surface area (Å²) in [4.78, 5) is 11.1. The first-order valence-corrected chi connectivity index (χ1v) is 6.31. The average Bonchev–Trinajstić information content (AvgIpc) is 2.26. The van der Waals surface area contributed by atoms with Crippen molar-refractivity contribution in [2.24, 2.45) is 0 Å². The fourth-order valence-electron chi connectivity index (χ4n) is 2.43. The summed E-state index contributed by atoms with van der Waals surface area (Å²) in [5, 5.41) is 9.04. The maximum Gasteiger partial charge on any atom is 0.342 e. The van der Waals surface area contributed by atoms with Crippen molar-refractivity contribution in [2.45, 2.75) is 45.0 Å². The molecule has 2 rings (SSSR count). The molecule has 1 aliphatic heterocycles. The van der Waals surface area contributed by atoms with E-state index in [9.17, 15) is 9.18 Å². The predicted octanol–water partition coefficient (Wildman–Crippen LogP) is 2.86. The van der Waals surface area contributed by atoms with Crippen LogP contribution in [0.4, 0.5) is 4.39 Å². The van der Waals surface area contributed by atoms with Crippen molar-refractivity contribution < 1.29 is 23.8 Å². The lowest BCUT2D eigenvalue weighted by molar-refractivity contribution is -0.0722. The van der Waals surface area contributed by atoms with Gasteiger partial charge in [-0.3, -0.25) is 0 Å². The minimum atomic E-state index is -1.32. The summed E-state index contributed by atoms with van der Waals surface area (Å²) >= 11 is 0. The maximum absolute atomic E-state index is 13.5. The van der Waals surface area contributed by atoms with Gasteiger partial charge < -0.3 is 14.6 Å². The third-order valence-corrected chi connectivity index (χ3v) is 3.14. The number of halogens is 1. The third-order valence-electron chi connectivity index (χ3n) is 3.14. The number of rotatable bonds is 3. The highest BCUT2D eigenvalue weighted by atomic mass is 19.1. The van der Waals surface area contributed by atoms with Crippen LogP contribution in [0.3, 0.4) is 0 Å². The third kappa shape index (κ3) is 3.23. The summed E-state index contributed by atoms with van der Waals surface area (Å²) in [6, 6.07) is 4.05. The fraction of sp³-hybridized carbons (Fsp3) is 0.500. The van der Waals surface area contributed by atoms with Gasteiger partial charge in [-0.25, -0.2) is 9.18 Å². The van der Waals surface area contributed by atoms with Gasteiger partial charge in [0, 0.05) is 12.8 Å². The zero-order chi connectivity index (χ0) is 14.0. The van der Waals surface area contributed by atoms with Gasteiger partial charge in [-0.05, 0) is 26.0 Å². The van der Waals surface area contributed by atoms with Gasteiger partial charge in [-0.15, -0.1) is 0 Å². The molecule has 0 aliphatic carbocycles. The zero-order valence-corrected chi connectivity index (χ0v) is 10.9. The molecule has 4 nitrogen and oxygen atoms in total. The molecule has 1 N–H and O–H groups in total. The molecule has 0 spiro atoms. The van der Waals surface area contributed by atoms with Crippen LogP contribution in [0.5, 0.6) is 5.75 Å². The first-order chi connectivity index (χ1) is 8.97. The smallest absolute Gasteiger partial charge is 0.342 e. The molecule has 0 amide bonds. The van der Waals surface area contributed by atoms with E-state index in [0.29, 0.717) is 12.8 Å². The van der Waals surface area contributed by atoms with Crippen molar-refractivity contribution in [3.63, 3.8) is 0 Å². The molecule has 1 aromatic carbocycles. The Morgan fingerprint density at radius 1 is 1.37 bits per heavy atom. The fourth-order valence-corrected chi connectivity index (χ4v) is 2.43. The molecule has 19 heavy (non-hydrogen) atoms. The molecular formula is C14H17FO4. The molecule has 1 aromatic rings. The van der Waals surface area contributed by atoms with E-state index < -0.39 is 17.3 Å². The van der Waals surface area contributed by atoms with Crippen LogP contribution in [0.25, 0.3) is 0 Å². The lowest BCUT2D eigenvalue weighted by atomic mass is 10.0. The van der Waals surface area contributed by atoms with Crippen LogP contribution in [-0.2, 0) is 4.74 Å². The van der Waals surface area contributed by atoms with Crippen molar-refractivity contribution in [1.82, 2.24) is 0 Å². The Labute approximate surface area is 111 Å². The standard InChI is InChI=1S/C14H17FO4/c1-8-6-10(7-9(2)18-8)19-12-5-3-4-11(15)13(12)14(16)17/h3-5,8-10H,6-7H2,1-2H3,(H,16,17). The molecule has 2 atom stereocenters. The Morgan fingerprint density at radius 2 is 2.00 bits per heavy atom. The van der Waals surface area contributed by atoms with Crippen molar-refractivity contribution in [3.8, 4) is 5.75 Å². The van der Waals surface area contributed by atoms with Crippen LogP contribution < -0.4 is 4.74 Å². The van der Waals surface area contributed by atoms with Gasteiger partial charge in [-0.2, -0.15) is 0 Å². The Bertz CT molecular complexity index is 465. The second kappa shape index (κ2) is 5.57. The van der Waals surface area contributed by atoms with Crippen molar-refractivity contribution >= 4 is 5.97 Å². The molecule has 104 valence electrons. The molecule has 1 heterocycles. The number of carboxylic acid groups (broad SMARTS) is 1. The monoisotopic (exact) mass is 268 g/mol. The topological polar surface area (TPSA) is 55.8 Å². The van der Waals surface area contributed by atoms with Gasteiger partial charge in [-0.1, -0.05) is 6.07 Å². The number of carboxylic acids is 1. The van der Waals surface area contributed by atoms with E-state index >= 15 is 0 Å². The summed E-state index contributed by atoms with van der Waals surface area (Å²) in [5.41, 5.74) is -0.408. The van der Waals surface area contributed by atoms with Crippen molar-refractivity contribution in [2.75, 3.05) is 0 Å². The van der Waals surface area contributed by atoms with E-state index in [0.717, 1.165) is 6.07 Å². The summed E-state index contributed by atoms with van der Waals surface area (Å²) in [6.07, 6.45) is 1.28. The van der Waals surface area contributed by atoms with Crippen LogP contribution >= 0.6 is 0 Å². The highest BCUT2D eigenvalue weighted by molar-refractivity contribution is 5.91. The molecule has 0 aromatic heterocycles. The minimum Gasteiger partial charge on any atom is -0.489 e. The second-order valence-electron chi connectivity index (χ2n) is 4.89. The normalized spacial score (nSPS) is 27.0. The number of hydrogen-bond acceptors (Lipinski definition) is 3. The summed E-state index contributed by atoms with van der Waals surface area (Å²) in [7, 11) is 0. The Hall–Kier alpha value is -1.62. The van der Waals surface area contributed by atoms with Crippen molar-refractivity contribution in [1.29, 1.82) is 0 Å². The number of aromatic carboxylic acids is 1. The van der Waals surface area contributed by atoms with Crippen molar-refractivity contribution in [3.05, 3.63) is 29.6 Å². The van der Waals surface area contributed by atoms with Gasteiger partial charge in [0.1, 0.15) is 23.2 Å². The van der Waals surface area contributed by atoms with Gasteiger partial charge in [0.15, 0.2) is 0 Å². The number of benzene rings is 1. The number of hydrogen-bond donors (Lipinski definition) is 1. The first-order valence-electron chi connectivity index (χ1n) is 6.31. The Balaban J connectivity index is 2.19. The van der Waals surface area contributed by atoms with E-state index in [1.54, 1.807) is 0 Å². The van der Waals surface area contributed by atoms with Gasteiger partial charge >= 0.3 is 5.97 Å². The highest BCUT2D eigenvalue weighted by Crippen LogP contribution is 2.27. The van der Waals surface area contributed by atoms with E-state index in [2.05, 4.69) is 0 Å². The average molecular weight is 268 g/mol. The largest absolute Gasteiger partial charge is 0.489 e. The van der Waals surface area contributed by atoms with Gasteiger partial charge in [0.05, 0.1) is 12.2 Å².